The zero-order chi connectivity index (χ0) is 15.5. The molecule has 0 bridgehead atoms. The van der Waals surface area contributed by atoms with Crippen LogP contribution < -0.4 is 5.32 Å². The van der Waals surface area contributed by atoms with Gasteiger partial charge in [0.1, 0.15) is 9.88 Å². The summed E-state index contributed by atoms with van der Waals surface area (Å²) in [6, 6.07) is 15.9. The van der Waals surface area contributed by atoms with Crippen LogP contribution in [0.25, 0.3) is 10.6 Å². The van der Waals surface area contributed by atoms with E-state index in [-0.39, 0.29) is 5.91 Å². The summed E-state index contributed by atoms with van der Waals surface area (Å²) in [6.45, 7) is 3.99. The molecule has 4 heteroatoms. The Morgan fingerprint density at radius 2 is 1.86 bits per heavy atom. The van der Waals surface area contributed by atoms with Crippen molar-refractivity contribution in [2.24, 2.45) is 0 Å². The van der Waals surface area contributed by atoms with E-state index in [1.54, 1.807) is 6.20 Å². The molecule has 22 heavy (non-hydrogen) atoms. The summed E-state index contributed by atoms with van der Waals surface area (Å²) in [5, 5.41) is 3.82. The number of nitrogens with zero attached hydrogens (tertiary/aromatic N) is 1. The maximum absolute atomic E-state index is 12.4. The molecule has 0 saturated heterocycles. The van der Waals surface area contributed by atoms with Gasteiger partial charge in [0.05, 0.1) is 6.20 Å². The molecule has 1 heterocycles. The molecule has 2 aromatic carbocycles. The highest BCUT2D eigenvalue weighted by Crippen LogP contribution is 2.26. The maximum atomic E-state index is 12.4. The van der Waals surface area contributed by atoms with Gasteiger partial charge in [-0.1, -0.05) is 42.5 Å². The number of amides is 1. The van der Waals surface area contributed by atoms with Crippen molar-refractivity contribution in [2.45, 2.75) is 13.8 Å². The van der Waals surface area contributed by atoms with E-state index in [2.05, 4.69) is 10.3 Å². The third-order valence-corrected chi connectivity index (χ3v) is 4.44. The highest BCUT2D eigenvalue weighted by molar-refractivity contribution is 7.17. The molecule has 0 saturated carbocycles. The molecule has 0 aliphatic rings. The van der Waals surface area contributed by atoms with Gasteiger partial charge in [0.2, 0.25) is 0 Å². The summed E-state index contributed by atoms with van der Waals surface area (Å²) in [5.74, 6) is -0.117. The van der Waals surface area contributed by atoms with Crippen LogP contribution in [-0.2, 0) is 0 Å². The van der Waals surface area contributed by atoms with Gasteiger partial charge in [0.25, 0.3) is 5.91 Å². The van der Waals surface area contributed by atoms with Crippen LogP contribution in [-0.4, -0.2) is 10.9 Å². The first-order chi connectivity index (χ1) is 10.6. The summed E-state index contributed by atoms with van der Waals surface area (Å²) < 4.78 is 0. The standard InChI is InChI=1S/C18H16N2OS/c1-12-8-9-13(2)15(10-12)20-17(21)16-11-19-18(22-16)14-6-4-3-5-7-14/h3-11H,1-2H3,(H,20,21). The lowest BCUT2D eigenvalue weighted by atomic mass is 10.1. The van der Waals surface area contributed by atoms with Gasteiger partial charge in [-0.25, -0.2) is 4.98 Å². The predicted molar refractivity (Wildman–Crippen MR) is 91.4 cm³/mol. The van der Waals surface area contributed by atoms with E-state index in [0.29, 0.717) is 4.88 Å². The number of rotatable bonds is 3. The Morgan fingerprint density at radius 3 is 2.64 bits per heavy atom. The Kier molecular flexibility index (Phi) is 4.02. The quantitative estimate of drug-likeness (QED) is 0.763. The average molecular weight is 308 g/mol. The third kappa shape index (κ3) is 3.07. The second-order valence-corrected chi connectivity index (χ2v) is 6.20. The van der Waals surface area contributed by atoms with Crippen molar-refractivity contribution < 1.29 is 4.79 Å². The van der Waals surface area contributed by atoms with E-state index < -0.39 is 0 Å². The number of carbonyl (C=O) groups excluding carboxylic acids is 1. The largest absolute Gasteiger partial charge is 0.321 e. The highest BCUT2D eigenvalue weighted by atomic mass is 32.1. The van der Waals surface area contributed by atoms with Crippen molar-refractivity contribution in [3.8, 4) is 10.6 Å². The zero-order valence-corrected chi connectivity index (χ0v) is 13.3. The van der Waals surface area contributed by atoms with Gasteiger partial charge in [-0.15, -0.1) is 11.3 Å². The zero-order valence-electron chi connectivity index (χ0n) is 12.5. The van der Waals surface area contributed by atoms with Gasteiger partial charge in [-0.2, -0.15) is 0 Å². The molecule has 0 atom stereocenters. The lowest BCUT2D eigenvalue weighted by Gasteiger charge is -2.08. The van der Waals surface area contributed by atoms with Crippen molar-refractivity contribution in [1.82, 2.24) is 4.98 Å². The number of anilines is 1. The van der Waals surface area contributed by atoms with Crippen molar-refractivity contribution in [2.75, 3.05) is 5.32 Å². The van der Waals surface area contributed by atoms with Crippen LogP contribution in [0.5, 0.6) is 0 Å². The van der Waals surface area contributed by atoms with Gasteiger partial charge in [0, 0.05) is 11.3 Å². The van der Waals surface area contributed by atoms with E-state index in [4.69, 9.17) is 0 Å². The van der Waals surface area contributed by atoms with E-state index in [0.717, 1.165) is 27.4 Å². The first-order valence-electron chi connectivity index (χ1n) is 7.03. The molecule has 3 aromatic rings. The SMILES string of the molecule is Cc1ccc(C)c(NC(=O)c2cnc(-c3ccccc3)s2)c1. The van der Waals surface area contributed by atoms with Gasteiger partial charge in [-0.3, -0.25) is 4.79 Å². The van der Waals surface area contributed by atoms with Gasteiger partial charge in [0.15, 0.2) is 0 Å². The van der Waals surface area contributed by atoms with E-state index in [9.17, 15) is 4.79 Å². The fourth-order valence-corrected chi connectivity index (χ4v) is 2.96. The monoisotopic (exact) mass is 308 g/mol. The van der Waals surface area contributed by atoms with Crippen LogP contribution in [0.3, 0.4) is 0 Å². The second-order valence-electron chi connectivity index (χ2n) is 5.17. The van der Waals surface area contributed by atoms with E-state index >= 15 is 0 Å². The first-order valence-corrected chi connectivity index (χ1v) is 7.85. The fourth-order valence-electron chi connectivity index (χ4n) is 2.15. The van der Waals surface area contributed by atoms with Crippen LogP contribution in [0.1, 0.15) is 20.8 Å². The Hall–Kier alpha value is -2.46. The van der Waals surface area contributed by atoms with Gasteiger partial charge < -0.3 is 5.32 Å². The Bertz CT molecular complexity index is 809. The molecule has 3 rings (SSSR count). The second kappa shape index (κ2) is 6.12. The summed E-state index contributed by atoms with van der Waals surface area (Å²) >= 11 is 1.40. The molecule has 0 fully saturated rings. The maximum Gasteiger partial charge on any atom is 0.267 e. The van der Waals surface area contributed by atoms with Crippen molar-refractivity contribution in [3.05, 3.63) is 70.7 Å². The number of hydrogen-bond donors (Lipinski definition) is 1. The number of thiazole rings is 1. The lowest BCUT2D eigenvalue weighted by molar-refractivity contribution is 0.103. The molecule has 1 N–H and O–H groups in total. The van der Waals surface area contributed by atoms with Crippen LogP contribution >= 0.6 is 11.3 Å². The minimum atomic E-state index is -0.117. The number of benzene rings is 2. The summed E-state index contributed by atoms with van der Waals surface area (Å²) in [5.41, 5.74) is 4.04. The molecule has 0 radical (unpaired) electrons. The summed E-state index contributed by atoms with van der Waals surface area (Å²) in [4.78, 5) is 17.3. The van der Waals surface area contributed by atoms with Crippen molar-refractivity contribution in [3.63, 3.8) is 0 Å². The molecule has 0 spiro atoms. The first kappa shape index (κ1) is 14.5. The predicted octanol–water partition coefficient (Wildman–Crippen LogP) is 4.68. The third-order valence-electron chi connectivity index (χ3n) is 3.39. The summed E-state index contributed by atoms with van der Waals surface area (Å²) in [6.07, 6.45) is 1.63. The van der Waals surface area contributed by atoms with E-state index in [1.165, 1.54) is 11.3 Å². The van der Waals surface area contributed by atoms with Crippen molar-refractivity contribution in [1.29, 1.82) is 0 Å². The Balaban J connectivity index is 1.81. The molecule has 0 aliphatic carbocycles. The fraction of sp³-hybridized carbons (Fsp3) is 0.111. The number of carbonyl (C=O) groups is 1. The minimum Gasteiger partial charge on any atom is -0.321 e. The van der Waals surface area contributed by atoms with Gasteiger partial charge in [-0.05, 0) is 31.0 Å². The van der Waals surface area contributed by atoms with Crippen LogP contribution in [0.2, 0.25) is 0 Å². The molecule has 3 nitrogen and oxygen atoms in total. The number of aryl methyl sites for hydroxylation is 2. The molecule has 1 amide bonds. The molecule has 0 unspecified atom stereocenters. The molecule has 110 valence electrons. The minimum absolute atomic E-state index is 0.117. The van der Waals surface area contributed by atoms with Gasteiger partial charge >= 0.3 is 0 Å². The van der Waals surface area contributed by atoms with Crippen LogP contribution in [0.4, 0.5) is 5.69 Å². The Labute approximate surface area is 133 Å². The smallest absolute Gasteiger partial charge is 0.267 e. The Morgan fingerprint density at radius 1 is 1.09 bits per heavy atom. The van der Waals surface area contributed by atoms with Crippen molar-refractivity contribution >= 4 is 22.9 Å². The molecular weight excluding hydrogens is 292 g/mol. The number of hydrogen-bond acceptors (Lipinski definition) is 3. The lowest BCUT2D eigenvalue weighted by Crippen LogP contribution is -2.11. The summed E-state index contributed by atoms with van der Waals surface area (Å²) in [7, 11) is 0. The number of nitrogens with one attached hydrogen (secondary N) is 1. The topological polar surface area (TPSA) is 42.0 Å². The van der Waals surface area contributed by atoms with E-state index in [1.807, 2.05) is 62.4 Å². The average Bonchev–Trinajstić information content (AvgIpc) is 3.02. The van der Waals surface area contributed by atoms with Crippen LogP contribution in [0, 0.1) is 13.8 Å². The highest BCUT2D eigenvalue weighted by Gasteiger charge is 2.12. The molecule has 0 aliphatic heterocycles. The molecule has 1 aromatic heterocycles. The number of aromatic nitrogens is 1. The van der Waals surface area contributed by atoms with Crippen LogP contribution in [0.15, 0.2) is 54.7 Å². The normalized spacial score (nSPS) is 10.5. The molecular formula is C18H16N2OS.